The molecule has 0 saturated carbocycles. The second kappa shape index (κ2) is 7.37. The van der Waals surface area contributed by atoms with Crippen molar-refractivity contribution >= 4 is 34.4 Å². The number of anilines is 1. The topological polar surface area (TPSA) is 65.1 Å². The highest BCUT2D eigenvalue weighted by atomic mass is 32.2. The van der Waals surface area contributed by atoms with Crippen molar-refractivity contribution in [2.45, 2.75) is 12.1 Å². The number of amides is 1. The largest absolute Gasteiger partial charge is 0.367 e. The SMILES string of the molecule is Cc1ccc2nc(SCC(=O)N3CCN(c4cccnc4)CC3)[nH]c2c1. The van der Waals surface area contributed by atoms with E-state index < -0.39 is 0 Å². The third-order valence-electron chi connectivity index (χ3n) is 4.59. The normalized spacial score (nSPS) is 14.8. The molecule has 6 nitrogen and oxygen atoms in total. The van der Waals surface area contributed by atoms with Crippen LogP contribution >= 0.6 is 11.8 Å². The van der Waals surface area contributed by atoms with Gasteiger partial charge in [0.2, 0.25) is 5.91 Å². The molecular formula is C19H21N5OS. The number of rotatable bonds is 4. The number of piperazine rings is 1. The van der Waals surface area contributed by atoms with Crippen molar-refractivity contribution < 1.29 is 4.79 Å². The number of aromatic nitrogens is 3. The lowest BCUT2D eigenvalue weighted by atomic mass is 10.2. The fourth-order valence-electron chi connectivity index (χ4n) is 3.14. The van der Waals surface area contributed by atoms with Crippen LogP contribution in [-0.2, 0) is 4.79 Å². The molecule has 1 fully saturated rings. The molecule has 0 spiro atoms. The van der Waals surface area contributed by atoms with Crippen molar-refractivity contribution in [3.8, 4) is 0 Å². The van der Waals surface area contributed by atoms with Crippen molar-refractivity contribution in [3.05, 3.63) is 48.3 Å². The Kier molecular flexibility index (Phi) is 4.79. The van der Waals surface area contributed by atoms with Gasteiger partial charge in [0, 0.05) is 32.4 Å². The van der Waals surface area contributed by atoms with Gasteiger partial charge < -0.3 is 14.8 Å². The number of imidazole rings is 1. The Morgan fingerprint density at radius 2 is 2.08 bits per heavy atom. The van der Waals surface area contributed by atoms with E-state index in [9.17, 15) is 4.79 Å². The Labute approximate surface area is 156 Å². The standard InChI is InChI=1S/C19H21N5OS/c1-14-4-5-16-17(11-14)22-19(21-16)26-13-18(25)24-9-7-23(8-10-24)15-3-2-6-20-12-15/h2-6,11-12H,7-10,13H2,1H3,(H,21,22). The van der Waals surface area contributed by atoms with Gasteiger partial charge >= 0.3 is 0 Å². The van der Waals surface area contributed by atoms with Crippen LogP contribution in [0.25, 0.3) is 11.0 Å². The molecule has 1 aromatic carbocycles. The van der Waals surface area contributed by atoms with E-state index >= 15 is 0 Å². The first-order chi connectivity index (χ1) is 12.7. The highest BCUT2D eigenvalue weighted by molar-refractivity contribution is 7.99. The number of carbonyl (C=O) groups excluding carboxylic acids is 1. The number of benzene rings is 1. The molecule has 1 N–H and O–H groups in total. The molecule has 1 aliphatic heterocycles. The third-order valence-corrected chi connectivity index (χ3v) is 5.45. The zero-order valence-corrected chi connectivity index (χ0v) is 15.5. The van der Waals surface area contributed by atoms with E-state index in [-0.39, 0.29) is 5.91 Å². The summed E-state index contributed by atoms with van der Waals surface area (Å²) in [7, 11) is 0. The number of aromatic amines is 1. The van der Waals surface area contributed by atoms with Crippen LogP contribution in [0, 0.1) is 6.92 Å². The Morgan fingerprint density at radius 1 is 1.23 bits per heavy atom. The fourth-order valence-corrected chi connectivity index (χ4v) is 3.93. The maximum absolute atomic E-state index is 12.5. The zero-order valence-electron chi connectivity index (χ0n) is 14.7. The quantitative estimate of drug-likeness (QED) is 0.718. The van der Waals surface area contributed by atoms with E-state index in [1.54, 1.807) is 6.20 Å². The molecular weight excluding hydrogens is 346 g/mol. The lowest BCUT2D eigenvalue weighted by molar-refractivity contribution is -0.128. The second-order valence-corrected chi connectivity index (χ2v) is 7.39. The number of nitrogens with zero attached hydrogens (tertiary/aromatic N) is 4. The summed E-state index contributed by atoms with van der Waals surface area (Å²) in [5, 5.41) is 0.799. The van der Waals surface area contributed by atoms with Gasteiger partial charge in [-0.3, -0.25) is 9.78 Å². The van der Waals surface area contributed by atoms with Crippen LogP contribution in [0.15, 0.2) is 47.9 Å². The zero-order chi connectivity index (χ0) is 17.9. The van der Waals surface area contributed by atoms with E-state index in [4.69, 9.17) is 0 Å². The molecule has 0 unspecified atom stereocenters. The number of hydrogen-bond donors (Lipinski definition) is 1. The van der Waals surface area contributed by atoms with Gasteiger partial charge in [0.25, 0.3) is 0 Å². The molecule has 0 aliphatic carbocycles. The Hall–Kier alpha value is -2.54. The smallest absolute Gasteiger partial charge is 0.233 e. The minimum atomic E-state index is 0.164. The number of fused-ring (bicyclic) bond motifs is 1. The molecule has 7 heteroatoms. The van der Waals surface area contributed by atoms with Crippen molar-refractivity contribution in [3.63, 3.8) is 0 Å². The maximum Gasteiger partial charge on any atom is 0.233 e. The first-order valence-corrected chi connectivity index (χ1v) is 9.69. The van der Waals surface area contributed by atoms with Crippen LogP contribution in [0.3, 0.4) is 0 Å². The first kappa shape index (κ1) is 16.9. The number of thioether (sulfide) groups is 1. The Bertz CT molecular complexity index is 903. The summed E-state index contributed by atoms with van der Waals surface area (Å²) in [5.41, 5.74) is 4.27. The molecule has 0 radical (unpaired) electrons. The summed E-state index contributed by atoms with van der Waals surface area (Å²) in [6, 6.07) is 10.1. The summed E-state index contributed by atoms with van der Waals surface area (Å²) >= 11 is 1.47. The van der Waals surface area contributed by atoms with Crippen LogP contribution < -0.4 is 4.90 Å². The maximum atomic E-state index is 12.5. The molecule has 3 aromatic rings. The van der Waals surface area contributed by atoms with Gasteiger partial charge in [-0.1, -0.05) is 17.8 Å². The number of hydrogen-bond acceptors (Lipinski definition) is 5. The molecule has 0 bridgehead atoms. The van der Waals surface area contributed by atoms with Crippen LogP contribution in [0.2, 0.25) is 0 Å². The molecule has 3 heterocycles. The van der Waals surface area contributed by atoms with Crippen LogP contribution in [0.5, 0.6) is 0 Å². The average Bonchev–Trinajstić information content (AvgIpc) is 3.09. The van der Waals surface area contributed by atoms with Gasteiger partial charge in [-0.15, -0.1) is 0 Å². The predicted octanol–water partition coefficient (Wildman–Crippen LogP) is 2.71. The summed E-state index contributed by atoms with van der Waals surface area (Å²) < 4.78 is 0. The van der Waals surface area contributed by atoms with Gasteiger partial charge in [-0.05, 0) is 36.8 Å². The number of H-pyrrole nitrogens is 1. The lowest BCUT2D eigenvalue weighted by Crippen LogP contribution is -2.49. The van der Waals surface area contributed by atoms with Crippen molar-refractivity contribution in [1.29, 1.82) is 0 Å². The molecule has 4 rings (SSSR count). The van der Waals surface area contributed by atoms with Crippen LogP contribution in [-0.4, -0.2) is 57.7 Å². The monoisotopic (exact) mass is 367 g/mol. The number of aryl methyl sites for hydroxylation is 1. The van der Waals surface area contributed by atoms with Gasteiger partial charge in [-0.25, -0.2) is 4.98 Å². The number of pyridine rings is 1. The van der Waals surface area contributed by atoms with E-state index in [0.717, 1.165) is 48.1 Å². The average molecular weight is 367 g/mol. The minimum Gasteiger partial charge on any atom is -0.367 e. The minimum absolute atomic E-state index is 0.164. The molecule has 1 saturated heterocycles. The van der Waals surface area contributed by atoms with Gasteiger partial charge in [-0.2, -0.15) is 0 Å². The van der Waals surface area contributed by atoms with Crippen molar-refractivity contribution in [2.24, 2.45) is 0 Å². The molecule has 26 heavy (non-hydrogen) atoms. The van der Waals surface area contributed by atoms with Crippen molar-refractivity contribution in [2.75, 3.05) is 36.8 Å². The van der Waals surface area contributed by atoms with Crippen molar-refractivity contribution in [1.82, 2.24) is 19.9 Å². The van der Waals surface area contributed by atoms with Crippen LogP contribution in [0.4, 0.5) is 5.69 Å². The summed E-state index contributed by atoms with van der Waals surface area (Å²) in [4.78, 5) is 28.7. The Balaban J connectivity index is 1.31. The Morgan fingerprint density at radius 3 is 2.85 bits per heavy atom. The highest BCUT2D eigenvalue weighted by Gasteiger charge is 2.21. The van der Waals surface area contributed by atoms with Crippen LogP contribution in [0.1, 0.15) is 5.56 Å². The van der Waals surface area contributed by atoms with E-state index in [2.05, 4.69) is 38.9 Å². The summed E-state index contributed by atoms with van der Waals surface area (Å²) in [6.45, 7) is 5.22. The molecule has 0 atom stereocenters. The highest BCUT2D eigenvalue weighted by Crippen LogP contribution is 2.21. The van der Waals surface area contributed by atoms with Gasteiger partial charge in [0.05, 0.1) is 28.7 Å². The first-order valence-electron chi connectivity index (χ1n) is 8.71. The number of nitrogens with one attached hydrogen (secondary N) is 1. The van der Waals surface area contributed by atoms with Gasteiger partial charge in [0.1, 0.15) is 0 Å². The van der Waals surface area contributed by atoms with E-state index in [0.29, 0.717) is 5.75 Å². The van der Waals surface area contributed by atoms with E-state index in [1.807, 2.05) is 29.3 Å². The molecule has 134 valence electrons. The third kappa shape index (κ3) is 3.67. The van der Waals surface area contributed by atoms with Gasteiger partial charge in [0.15, 0.2) is 5.16 Å². The summed E-state index contributed by atoms with van der Waals surface area (Å²) in [6.07, 6.45) is 3.65. The summed E-state index contributed by atoms with van der Waals surface area (Å²) in [5.74, 6) is 0.573. The second-order valence-electron chi connectivity index (χ2n) is 6.43. The molecule has 2 aromatic heterocycles. The fraction of sp³-hybridized carbons (Fsp3) is 0.316. The van der Waals surface area contributed by atoms with E-state index in [1.165, 1.54) is 17.3 Å². The molecule has 1 amide bonds. The molecule has 1 aliphatic rings. The lowest BCUT2D eigenvalue weighted by Gasteiger charge is -2.35. The number of carbonyl (C=O) groups is 1. The predicted molar refractivity (Wildman–Crippen MR) is 105 cm³/mol.